The molecule has 1 N–H and O–H groups in total. The van der Waals surface area contributed by atoms with Crippen LogP contribution in [0, 0.1) is 0 Å². The van der Waals surface area contributed by atoms with Gasteiger partial charge in [-0.05, 0) is 71.4 Å². The van der Waals surface area contributed by atoms with Gasteiger partial charge in [0.25, 0.3) is 0 Å². The van der Waals surface area contributed by atoms with Gasteiger partial charge in [0.1, 0.15) is 0 Å². The van der Waals surface area contributed by atoms with Gasteiger partial charge in [0, 0.05) is 21.7 Å². The van der Waals surface area contributed by atoms with Crippen molar-refractivity contribution < 1.29 is 0 Å². The average molecular weight is 526 g/mol. The summed E-state index contributed by atoms with van der Waals surface area (Å²) in [5.41, 5.74) is 1.19. The largest absolute Gasteiger partial charge is 0.356 e. The highest BCUT2D eigenvalue weighted by molar-refractivity contribution is 7.74. The molecule has 9 aromatic carbocycles. The Labute approximate surface area is 233 Å². The first kappa shape index (κ1) is 22.1. The van der Waals surface area contributed by atoms with E-state index in [0.717, 1.165) is 0 Å². The second-order valence-electron chi connectivity index (χ2n) is 10.7. The predicted octanol–water partition coefficient (Wildman–Crippen LogP) is 9.94. The van der Waals surface area contributed by atoms with Crippen LogP contribution in [0.5, 0.6) is 0 Å². The summed E-state index contributed by atoms with van der Waals surface area (Å²) in [7, 11) is -0.918. The molecular weight excluding hydrogens is 501 g/mol. The maximum Gasteiger partial charge on any atom is 0.0529 e. The molecule has 0 aliphatic carbocycles. The number of hydrogen-bond donors (Lipinski definition) is 1. The van der Waals surface area contributed by atoms with Crippen molar-refractivity contribution in [3.8, 4) is 0 Å². The zero-order valence-corrected chi connectivity index (χ0v) is 22.6. The van der Waals surface area contributed by atoms with Crippen molar-refractivity contribution in [3.63, 3.8) is 0 Å². The standard InChI is InChI=1S/C38H24NP/c1-2-14-30(15-3-1)40(34-23-29-13-5-9-25-19-21-27-11-7-17-32(34)38(27)36(25)29)39-33-22-28-12-4-8-24-18-20-26-10-6-16-31(33)37(26)35(24)28/h1-23,39H. The van der Waals surface area contributed by atoms with Crippen LogP contribution in [0.4, 0.5) is 5.69 Å². The highest BCUT2D eigenvalue weighted by Gasteiger charge is 2.22. The Bertz CT molecular complexity index is 2360. The molecule has 9 rings (SSSR count). The molecule has 0 saturated carbocycles. The summed E-state index contributed by atoms with van der Waals surface area (Å²) >= 11 is 0. The van der Waals surface area contributed by atoms with Crippen LogP contribution in [-0.2, 0) is 0 Å². The van der Waals surface area contributed by atoms with Crippen molar-refractivity contribution in [1.29, 1.82) is 0 Å². The fourth-order valence-electron chi connectivity index (χ4n) is 6.74. The van der Waals surface area contributed by atoms with Crippen LogP contribution in [0.1, 0.15) is 0 Å². The number of nitrogens with one attached hydrogen (secondary N) is 1. The summed E-state index contributed by atoms with van der Waals surface area (Å²) in [6, 6.07) is 51.7. The Morgan fingerprint density at radius 1 is 0.375 bits per heavy atom. The highest BCUT2D eigenvalue weighted by Crippen LogP contribution is 2.45. The Morgan fingerprint density at radius 3 is 1.52 bits per heavy atom. The summed E-state index contributed by atoms with van der Waals surface area (Å²) in [4.78, 5) is 0. The van der Waals surface area contributed by atoms with Crippen LogP contribution in [0.15, 0.2) is 140 Å². The lowest BCUT2D eigenvalue weighted by molar-refractivity contribution is 1.73. The number of anilines is 1. The summed E-state index contributed by atoms with van der Waals surface area (Å²) in [6.07, 6.45) is 0. The van der Waals surface area contributed by atoms with Crippen LogP contribution in [0.25, 0.3) is 64.6 Å². The lowest BCUT2D eigenvalue weighted by atomic mass is 9.93. The first-order valence-electron chi connectivity index (χ1n) is 13.8. The molecule has 0 saturated heterocycles. The molecule has 0 aliphatic rings. The van der Waals surface area contributed by atoms with E-state index in [0.29, 0.717) is 0 Å². The first-order chi connectivity index (χ1) is 19.8. The summed E-state index contributed by atoms with van der Waals surface area (Å²) < 4.78 is 0. The molecule has 186 valence electrons. The molecule has 0 bridgehead atoms. The van der Waals surface area contributed by atoms with Gasteiger partial charge in [-0.25, -0.2) is 0 Å². The van der Waals surface area contributed by atoms with Crippen LogP contribution in [0.2, 0.25) is 0 Å². The van der Waals surface area contributed by atoms with E-state index in [2.05, 4.69) is 145 Å². The molecule has 0 radical (unpaired) electrons. The van der Waals surface area contributed by atoms with Gasteiger partial charge in [-0.1, -0.05) is 127 Å². The molecule has 2 heteroatoms. The van der Waals surface area contributed by atoms with Gasteiger partial charge < -0.3 is 5.09 Å². The van der Waals surface area contributed by atoms with Crippen molar-refractivity contribution in [2.75, 3.05) is 5.09 Å². The number of hydrogen-bond acceptors (Lipinski definition) is 1. The van der Waals surface area contributed by atoms with Gasteiger partial charge in [0.05, 0.1) is 8.07 Å². The predicted molar refractivity (Wildman–Crippen MR) is 177 cm³/mol. The maximum absolute atomic E-state index is 4.15. The van der Waals surface area contributed by atoms with Gasteiger partial charge in [0.15, 0.2) is 0 Å². The summed E-state index contributed by atoms with van der Waals surface area (Å²) in [5, 5.41) is 22.6. The Balaban J connectivity index is 1.35. The Kier molecular flexibility index (Phi) is 4.65. The van der Waals surface area contributed by atoms with Crippen molar-refractivity contribution in [3.05, 3.63) is 140 Å². The van der Waals surface area contributed by atoms with Crippen molar-refractivity contribution in [2.24, 2.45) is 0 Å². The Morgan fingerprint density at radius 2 is 0.875 bits per heavy atom. The van der Waals surface area contributed by atoms with Gasteiger partial charge in [0.2, 0.25) is 0 Å². The maximum atomic E-state index is 4.15. The van der Waals surface area contributed by atoms with Crippen LogP contribution in [0.3, 0.4) is 0 Å². The van der Waals surface area contributed by atoms with Crippen LogP contribution >= 0.6 is 8.07 Å². The molecule has 0 fully saturated rings. The van der Waals surface area contributed by atoms with E-state index in [1.165, 1.54) is 80.9 Å². The second-order valence-corrected chi connectivity index (χ2v) is 12.6. The summed E-state index contributed by atoms with van der Waals surface area (Å²) in [5.74, 6) is 0. The Hall–Kier alpha value is -4.71. The SMILES string of the molecule is c1ccc(P(Nc2cc3cccc4ccc5cccc2c5c43)c2cc3cccc4ccc5cccc2c5c43)cc1. The lowest BCUT2D eigenvalue weighted by Crippen LogP contribution is -2.18. The molecule has 40 heavy (non-hydrogen) atoms. The minimum atomic E-state index is -0.918. The van der Waals surface area contributed by atoms with E-state index in [4.69, 9.17) is 0 Å². The average Bonchev–Trinajstić information content (AvgIpc) is 3.02. The van der Waals surface area contributed by atoms with E-state index >= 15 is 0 Å². The number of rotatable bonds is 4. The zero-order chi connectivity index (χ0) is 26.2. The molecule has 0 heterocycles. The third-order valence-electron chi connectivity index (χ3n) is 8.48. The molecule has 0 spiro atoms. The molecule has 1 nitrogen and oxygen atoms in total. The molecule has 0 aliphatic heterocycles. The first-order valence-corrected chi connectivity index (χ1v) is 15.1. The quantitative estimate of drug-likeness (QED) is 0.178. The van der Waals surface area contributed by atoms with E-state index < -0.39 is 8.07 Å². The van der Waals surface area contributed by atoms with Gasteiger partial charge in [-0.15, -0.1) is 0 Å². The van der Waals surface area contributed by atoms with Gasteiger partial charge in [-0.2, -0.15) is 0 Å². The normalized spacial score (nSPS) is 12.9. The van der Waals surface area contributed by atoms with Gasteiger partial charge >= 0.3 is 0 Å². The topological polar surface area (TPSA) is 12.0 Å². The minimum absolute atomic E-state index is 0.918. The number of benzene rings is 9. The smallest absolute Gasteiger partial charge is 0.0529 e. The molecular formula is C38H24NP. The van der Waals surface area contributed by atoms with Crippen molar-refractivity contribution in [2.45, 2.75) is 0 Å². The molecule has 1 unspecified atom stereocenters. The van der Waals surface area contributed by atoms with E-state index in [-0.39, 0.29) is 0 Å². The highest BCUT2D eigenvalue weighted by atomic mass is 31.1. The van der Waals surface area contributed by atoms with Crippen LogP contribution in [-0.4, -0.2) is 0 Å². The fraction of sp³-hybridized carbons (Fsp3) is 0. The third kappa shape index (κ3) is 3.13. The molecule has 0 amide bonds. The summed E-state index contributed by atoms with van der Waals surface area (Å²) in [6.45, 7) is 0. The van der Waals surface area contributed by atoms with Gasteiger partial charge in [-0.3, -0.25) is 0 Å². The third-order valence-corrected chi connectivity index (χ3v) is 10.6. The lowest BCUT2D eigenvalue weighted by Gasteiger charge is -2.25. The second kappa shape index (κ2) is 8.39. The van der Waals surface area contributed by atoms with E-state index in [9.17, 15) is 0 Å². The fourth-order valence-corrected chi connectivity index (χ4v) is 8.86. The van der Waals surface area contributed by atoms with E-state index in [1.807, 2.05) is 0 Å². The molecule has 0 aromatic heterocycles. The van der Waals surface area contributed by atoms with Crippen molar-refractivity contribution in [1.82, 2.24) is 0 Å². The minimum Gasteiger partial charge on any atom is -0.356 e. The zero-order valence-electron chi connectivity index (χ0n) is 21.7. The molecule has 9 aromatic rings. The van der Waals surface area contributed by atoms with Crippen molar-refractivity contribution >= 4 is 89.0 Å². The van der Waals surface area contributed by atoms with Crippen LogP contribution < -0.4 is 15.7 Å². The molecule has 1 atom stereocenters. The van der Waals surface area contributed by atoms with E-state index in [1.54, 1.807) is 0 Å². The monoisotopic (exact) mass is 525 g/mol.